The lowest BCUT2D eigenvalue weighted by Gasteiger charge is -2.23. The molecule has 1 aliphatic heterocycles. The number of phenols is 1. The predicted molar refractivity (Wildman–Crippen MR) is 82.1 cm³/mol. The summed E-state index contributed by atoms with van der Waals surface area (Å²) in [6.45, 7) is 4.50. The van der Waals surface area contributed by atoms with Gasteiger partial charge in [0.05, 0.1) is 17.2 Å². The van der Waals surface area contributed by atoms with Gasteiger partial charge in [0.1, 0.15) is 0 Å². The Labute approximate surface area is 128 Å². The van der Waals surface area contributed by atoms with Gasteiger partial charge in [-0.05, 0) is 60.3 Å². The Morgan fingerprint density at radius 2 is 2.10 bits per heavy atom. The molecule has 1 unspecified atom stereocenters. The van der Waals surface area contributed by atoms with E-state index in [1.807, 2.05) is 13.0 Å². The summed E-state index contributed by atoms with van der Waals surface area (Å²) in [5.74, 6) is 0.617. The number of ether oxygens (including phenoxy) is 1. The number of hydrogen-bond acceptors (Lipinski definition) is 4. The van der Waals surface area contributed by atoms with Crippen LogP contribution in [-0.2, 0) is 6.54 Å². The van der Waals surface area contributed by atoms with E-state index in [1.165, 1.54) is 7.11 Å². The van der Waals surface area contributed by atoms with Crippen molar-refractivity contribution in [2.75, 3.05) is 20.2 Å². The molecule has 1 aromatic carbocycles. The highest BCUT2D eigenvalue weighted by atomic mass is 79.9. The van der Waals surface area contributed by atoms with Crippen molar-refractivity contribution in [2.45, 2.75) is 38.3 Å². The van der Waals surface area contributed by atoms with Crippen molar-refractivity contribution in [2.24, 2.45) is 0 Å². The van der Waals surface area contributed by atoms with Crippen molar-refractivity contribution in [1.82, 2.24) is 4.90 Å². The van der Waals surface area contributed by atoms with Crippen molar-refractivity contribution in [1.29, 1.82) is 0 Å². The van der Waals surface area contributed by atoms with E-state index in [-0.39, 0.29) is 5.75 Å². The van der Waals surface area contributed by atoms with E-state index in [1.54, 1.807) is 6.07 Å². The molecular formula is C15H22BrNO3. The highest BCUT2D eigenvalue weighted by molar-refractivity contribution is 9.10. The summed E-state index contributed by atoms with van der Waals surface area (Å²) in [5.41, 5.74) is 0.485. The monoisotopic (exact) mass is 343 g/mol. The van der Waals surface area contributed by atoms with Crippen LogP contribution >= 0.6 is 15.9 Å². The number of rotatable bonds is 3. The number of aromatic hydroxyl groups is 1. The molecule has 5 heteroatoms. The minimum Gasteiger partial charge on any atom is -0.503 e. The maximum absolute atomic E-state index is 10.1. The molecule has 0 spiro atoms. The first-order valence-electron chi connectivity index (χ1n) is 6.92. The van der Waals surface area contributed by atoms with Gasteiger partial charge in [-0.2, -0.15) is 0 Å². The number of likely N-dealkylation sites (tertiary alicyclic amines) is 1. The molecule has 0 radical (unpaired) electrons. The van der Waals surface area contributed by atoms with E-state index in [9.17, 15) is 10.2 Å². The second kappa shape index (κ2) is 6.33. The van der Waals surface area contributed by atoms with Crippen LogP contribution in [0.25, 0.3) is 0 Å². The average molecular weight is 344 g/mol. The smallest absolute Gasteiger partial charge is 0.172 e. The predicted octanol–water partition coefficient (Wildman–Crippen LogP) is 2.90. The normalized spacial score (nSPS) is 24.4. The first-order valence-corrected chi connectivity index (χ1v) is 7.71. The lowest BCUT2D eigenvalue weighted by atomic mass is 9.98. The second-order valence-corrected chi connectivity index (χ2v) is 6.51. The molecule has 0 aromatic heterocycles. The first-order chi connectivity index (χ1) is 9.43. The summed E-state index contributed by atoms with van der Waals surface area (Å²) in [6.07, 6.45) is 2.62. The summed E-state index contributed by atoms with van der Waals surface area (Å²) in [5, 5.41) is 20.1. The molecule has 1 saturated heterocycles. The highest BCUT2D eigenvalue weighted by Crippen LogP contribution is 2.37. The Hall–Kier alpha value is -0.780. The SMILES string of the molecule is COc1ccc(CN2CCCC(C)(O)CC2)c(Br)c1O. The maximum Gasteiger partial charge on any atom is 0.172 e. The summed E-state index contributed by atoms with van der Waals surface area (Å²) < 4.78 is 5.78. The molecule has 1 atom stereocenters. The standard InChI is InChI=1S/C15H22BrNO3/c1-15(19)6-3-8-17(9-7-15)10-11-4-5-12(20-2)14(18)13(11)16/h4-5,18-19H,3,6-10H2,1-2H3. The van der Waals surface area contributed by atoms with Crippen LogP contribution in [-0.4, -0.2) is 40.9 Å². The van der Waals surface area contributed by atoms with Gasteiger partial charge in [0, 0.05) is 13.1 Å². The third-order valence-corrected chi connectivity index (χ3v) is 4.81. The van der Waals surface area contributed by atoms with Crippen molar-refractivity contribution < 1.29 is 14.9 Å². The van der Waals surface area contributed by atoms with Gasteiger partial charge in [0.2, 0.25) is 0 Å². The lowest BCUT2D eigenvalue weighted by molar-refractivity contribution is 0.0444. The quantitative estimate of drug-likeness (QED) is 0.885. The summed E-state index contributed by atoms with van der Waals surface area (Å²) in [7, 11) is 1.54. The number of aliphatic hydroxyl groups is 1. The number of halogens is 1. The van der Waals surface area contributed by atoms with Crippen molar-refractivity contribution in [3.05, 3.63) is 22.2 Å². The van der Waals surface area contributed by atoms with Gasteiger partial charge in [0.15, 0.2) is 11.5 Å². The molecule has 2 N–H and O–H groups in total. The zero-order chi connectivity index (χ0) is 14.8. The highest BCUT2D eigenvalue weighted by Gasteiger charge is 2.25. The van der Waals surface area contributed by atoms with Gasteiger partial charge >= 0.3 is 0 Å². The first kappa shape index (κ1) is 15.6. The van der Waals surface area contributed by atoms with Gasteiger partial charge in [-0.1, -0.05) is 6.07 Å². The molecule has 1 aliphatic rings. The van der Waals surface area contributed by atoms with Gasteiger partial charge < -0.3 is 14.9 Å². The van der Waals surface area contributed by atoms with Gasteiger partial charge in [-0.15, -0.1) is 0 Å². The maximum atomic E-state index is 10.1. The largest absolute Gasteiger partial charge is 0.503 e. The minimum absolute atomic E-state index is 0.145. The second-order valence-electron chi connectivity index (χ2n) is 5.72. The van der Waals surface area contributed by atoms with Gasteiger partial charge in [0.25, 0.3) is 0 Å². The van der Waals surface area contributed by atoms with Crippen LogP contribution in [0.3, 0.4) is 0 Å². The Kier molecular flexibility index (Phi) is 4.94. The zero-order valence-electron chi connectivity index (χ0n) is 12.0. The summed E-state index contributed by atoms with van der Waals surface area (Å²) in [4.78, 5) is 2.31. The van der Waals surface area contributed by atoms with Crippen LogP contribution in [0.5, 0.6) is 11.5 Å². The Balaban J connectivity index is 2.09. The van der Waals surface area contributed by atoms with E-state index in [0.29, 0.717) is 10.2 Å². The topological polar surface area (TPSA) is 52.9 Å². The van der Waals surface area contributed by atoms with Crippen molar-refractivity contribution in [3.8, 4) is 11.5 Å². The average Bonchev–Trinajstić information content (AvgIpc) is 2.57. The lowest BCUT2D eigenvalue weighted by Crippen LogP contribution is -2.28. The zero-order valence-corrected chi connectivity index (χ0v) is 13.6. The summed E-state index contributed by atoms with van der Waals surface area (Å²) >= 11 is 3.43. The molecule has 112 valence electrons. The third-order valence-electron chi connectivity index (χ3n) is 3.93. The van der Waals surface area contributed by atoms with Crippen molar-refractivity contribution in [3.63, 3.8) is 0 Å². The molecule has 1 aromatic rings. The molecule has 0 aliphatic carbocycles. The van der Waals surface area contributed by atoms with Gasteiger partial charge in [-0.25, -0.2) is 0 Å². The fourth-order valence-electron chi connectivity index (χ4n) is 2.59. The molecular weight excluding hydrogens is 322 g/mol. The number of methoxy groups -OCH3 is 1. The number of hydrogen-bond donors (Lipinski definition) is 2. The molecule has 1 heterocycles. The Bertz CT molecular complexity index is 476. The third kappa shape index (κ3) is 3.65. The fourth-order valence-corrected chi connectivity index (χ4v) is 3.05. The number of benzene rings is 1. The molecule has 0 amide bonds. The number of nitrogens with zero attached hydrogens (tertiary/aromatic N) is 1. The van der Waals surface area contributed by atoms with Crippen LogP contribution in [0.15, 0.2) is 16.6 Å². The van der Waals surface area contributed by atoms with E-state index < -0.39 is 5.60 Å². The van der Waals surface area contributed by atoms with Crippen LogP contribution in [0.4, 0.5) is 0 Å². The molecule has 4 nitrogen and oxygen atoms in total. The van der Waals surface area contributed by atoms with E-state index in [2.05, 4.69) is 20.8 Å². The number of phenolic OH excluding ortho intramolecular Hbond substituents is 1. The van der Waals surface area contributed by atoms with E-state index >= 15 is 0 Å². The molecule has 20 heavy (non-hydrogen) atoms. The van der Waals surface area contributed by atoms with E-state index in [0.717, 1.165) is 44.5 Å². The fraction of sp³-hybridized carbons (Fsp3) is 0.600. The van der Waals surface area contributed by atoms with Crippen LogP contribution in [0.1, 0.15) is 31.7 Å². The molecule has 0 bridgehead atoms. The Morgan fingerprint density at radius 3 is 2.80 bits per heavy atom. The summed E-state index contributed by atoms with van der Waals surface area (Å²) in [6, 6.07) is 3.75. The molecule has 1 fully saturated rings. The molecule has 0 saturated carbocycles. The minimum atomic E-state index is -0.548. The molecule has 2 rings (SSSR count). The van der Waals surface area contributed by atoms with Crippen LogP contribution in [0.2, 0.25) is 0 Å². The van der Waals surface area contributed by atoms with Crippen LogP contribution < -0.4 is 4.74 Å². The Morgan fingerprint density at radius 1 is 1.35 bits per heavy atom. The van der Waals surface area contributed by atoms with Crippen LogP contribution in [0, 0.1) is 0 Å². The van der Waals surface area contributed by atoms with Gasteiger partial charge in [-0.3, -0.25) is 4.90 Å². The van der Waals surface area contributed by atoms with Crippen molar-refractivity contribution >= 4 is 15.9 Å². The van der Waals surface area contributed by atoms with E-state index in [4.69, 9.17) is 4.74 Å².